The van der Waals surface area contributed by atoms with Gasteiger partial charge in [-0.15, -0.1) is 6.58 Å². The molecule has 1 amide bonds. The maximum absolute atomic E-state index is 11.4. The molecule has 1 unspecified atom stereocenters. The molecule has 4 heteroatoms. The maximum Gasteiger partial charge on any atom is 0.412 e. The Kier molecular flexibility index (Phi) is 5.39. The first-order valence-corrected chi connectivity index (χ1v) is 5.87. The van der Waals surface area contributed by atoms with Crippen LogP contribution in [-0.4, -0.2) is 31.6 Å². The molecule has 4 nitrogen and oxygen atoms in total. The summed E-state index contributed by atoms with van der Waals surface area (Å²) in [7, 11) is 4.02. The largest absolute Gasteiger partial charge is 0.412 e. The van der Waals surface area contributed by atoms with E-state index >= 15 is 0 Å². The third-order valence-corrected chi connectivity index (χ3v) is 2.72. The number of benzene rings is 1. The van der Waals surface area contributed by atoms with E-state index < -0.39 is 6.09 Å². The highest BCUT2D eigenvalue weighted by molar-refractivity contribution is 5.70. The van der Waals surface area contributed by atoms with Crippen LogP contribution in [-0.2, 0) is 0 Å². The number of carbonyl (C=O) groups excluding carboxylic acids is 1. The van der Waals surface area contributed by atoms with E-state index in [1.165, 1.54) is 0 Å². The van der Waals surface area contributed by atoms with E-state index in [4.69, 9.17) is 4.74 Å². The third kappa shape index (κ3) is 4.22. The molecule has 18 heavy (non-hydrogen) atoms. The Hall–Kier alpha value is -1.81. The molecule has 0 bridgehead atoms. The molecule has 0 aliphatic carbocycles. The average molecular weight is 248 g/mol. The van der Waals surface area contributed by atoms with Gasteiger partial charge in [-0.3, -0.25) is 0 Å². The Morgan fingerprint density at radius 2 is 2.28 bits per heavy atom. The molecule has 1 rings (SSSR count). The Morgan fingerprint density at radius 3 is 2.89 bits per heavy atom. The Labute approximate surface area is 108 Å². The van der Waals surface area contributed by atoms with Crippen LogP contribution in [0.15, 0.2) is 36.9 Å². The lowest BCUT2D eigenvalue weighted by atomic mass is 10.1. The van der Waals surface area contributed by atoms with Crippen molar-refractivity contribution in [2.24, 2.45) is 0 Å². The van der Waals surface area contributed by atoms with Gasteiger partial charge in [0.15, 0.2) is 0 Å². The standard InChI is InChI=1S/C14H20N2O2/c1-5-9-15-14(17)18-13-8-6-7-12(10-13)11(2)16(3)4/h5-8,10-11H,1,9H2,2-4H3,(H,15,17). The molecule has 0 spiro atoms. The van der Waals surface area contributed by atoms with Crippen LogP contribution >= 0.6 is 0 Å². The van der Waals surface area contributed by atoms with Gasteiger partial charge < -0.3 is 15.0 Å². The third-order valence-electron chi connectivity index (χ3n) is 2.72. The van der Waals surface area contributed by atoms with E-state index in [1.807, 2.05) is 32.3 Å². The first kappa shape index (κ1) is 14.3. The lowest BCUT2D eigenvalue weighted by Gasteiger charge is -2.20. The summed E-state index contributed by atoms with van der Waals surface area (Å²) >= 11 is 0. The molecule has 1 aromatic carbocycles. The second kappa shape index (κ2) is 6.81. The van der Waals surface area contributed by atoms with Crippen molar-refractivity contribution in [1.82, 2.24) is 10.2 Å². The van der Waals surface area contributed by atoms with Crippen molar-refractivity contribution < 1.29 is 9.53 Å². The zero-order chi connectivity index (χ0) is 13.5. The SMILES string of the molecule is C=CCNC(=O)Oc1cccc(C(C)N(C)C)c1. The van der Waals surface area contributed by atoms with E-state index in [9.17, 15) is 4.79 Å². The fourth-order valence-corrected chi connectivity index (χ4v) is 1.43. The maximum atomic E-state index is 11.4. The van der Waals surface area contributed by atoms with Gasteiger partial charge in [0.1, 0.15) is 5.75 Å². The predicted octanol–water partition coefficient (Wildman–Crippen LogP) is 2.58. The highest BCUT2D eigenvalue weighted by Crippen LogP contribution is 2.22. The van der Waals surface area contributed by atoms with Crippen LogP contribution in [0.25, 0.3) is 0 Å². The van der Waals surface area contributed by atoms with E-state index in [-0.39, 0.29) is 6.04 Å². The number of hydrogen-bond acceptors (Lipinski definition) is 3. The predicted molar refractivity (Wildman–Crippen MR) is 72.8 cm³/mol. The van der Waals surface area contributed by atoms with E-state index in [0.717, 1.165) is 5.56 Å². The van der Waals surface area contributed by atoms with E-state index in [1.54, 1.807) is 12.1 Å². The summed E-state index contributed by atoms with van der Waals surface area (Å²) in [5.41, 5.74) is 1.11. The van der Waals surface area contributed by atoms with Gasteiger partial charge in [0.2, 0.25) is 0 Å². The number of hydrogen-bond donors (Lipinski definition) is 1. The van der Waals surface area contributed by atoms with Crippen LogP contribution in [0, 0.1) is 0 Å². The first-order valence-electron chi connectivity index (χ1n) is 5.87. The molecule has 1 atom stereocenters. The van der Waals surface area contributed by atoms with Gasteiger partial charge in [0, 0.05) is 12.6 Å². The van der Waals surface area contributed by atoms with Gasteiger partial charge in [-0.2, -0.15) is 0 Å². The highest BCUT2D eigenvalue weighted by atomic mass is 16.5. The zero-order valence-electron chi connectivity index (χ0n) is 11.1. The van der Waals surface area contributed by atoms with Gasteiger partial charge in [-0.1, -0.05) is 18.2 Å². The van der Waals surface area contributed by atoms with E-state index in [2.05, 4.69) is 23.7 Å². The number of nitrogens with zero attached hydrogens (tertiary/aromatic N) is 1. The van der Waals surface area contributed by atoms with E-state index in [0.29, 0.717) is 12.3 Å². The normalized spacial score (nSPS) is 12.0. The summed E-state index contributed by atoms with van der Waals surface area (Å²) in [6.07, 6.45) is 1.13. The first-order chi connectivity index (χ1) is 8.54. The lowest BCUT2D eigenvalue weighted by Crippen LogP contribution is -2.26. The smallest absolute Gasteiger partial charge is 0.410 e. The quantitative estimate of drug-likeness (QED) is 0.814. The Bertz CT molecular complexity index is 416. The van der Waals surface area contributed by atoms with Crippen LogP contribution in [0.1, 0.15) is 18.5 Å². The number of carbonyl (C=O) groups is 1. The minimum atomic E-state index is -0.468. The zero-order valence-corrected chi connectivity index (χ0v) is 11.1. The molecule has 0 aliphatic heterocycles. The second-order valence-corrected chi connectivity index (χ2v) is 4.27. The summed E-state index contributed by atoms with van der Waals surface area (Å²) in [4.78, 5) is 13.5. The molecule has 1 N–H and O–H groups in total. The fourth-order valence-electron chi connectivity index (χ4n) is 1.43. The minimum absolute atomic E-state index is 0.268. The van der Waals surface area contributed by atoms with Crippen molar-refractivity contribution in [3.05, 3.63) is 42.5 Å². The summed E-state index contributed by atoms with van der Waals surface area (Å²) in [6.45, 7) is 6.01. The lowest BCUT2D eigenvalue weighted by molar-refractivity contribution is 0.201. The number of ether oxygens (including phenoxy) is 1. The summed E-state index contributed by atoms with van der Waals surface area (Å²) < 4.78 is 5.17. The number of rotatable bonds is 5. The topological polar surface area (TPSA) is 41.6 Å². The van der Waals surface area contributed by atoms with Gasteiger partial charge in [-0.05, 0) is 38.7 Å². The molecule has 98 valence electrons. The Morgan fingerprint density at radius 1 is 1.56 bits per heavy atom. The molecule has 0 fully saturated rings. The van der Waals surface area contributed by atoms with Crippen molar-refractivity contribution in [2.75, 3.05) is 20.6 Å². The van der Waals surface area contributed by atoms with Crippen LogP contribution in [0.5, 0.6) is 5.75 Å². The highest BCUT2D eigenvalue weighted by Gasteiger charge is 2.09. The summed E-state index contributed by atoms with van der Waals surface area (Å²) in [6, 6.07) is 7.80. The fraction of sp³-hybridized carbons (Fsp3) is 0.357. The van der Waals surface area contributed by atoms with Crippen molar-refractivity contribution in [3.63, 3.8) is 0 Å². The molecule has 0 saturated heterocycles. The average Bonchev–Trinajstić information content (AvgIpc) is 2.35. The summed E-state index contributed by atoms with van der Waals surface area (Å²) in [5.74, 6) is 0.544. The van der Waals surface area contributed by atoms with Gasteiger partial charge in [0.05, 0.1) is 0 Å². The summed E-state index contributed by atoms with van der Waals surface area (Å²) in [5, 5.41) is 2.56. The molecule has 0 radical (unpaired) electrons. The van der Waals surface area contributed by atoms with Gasteiger partial charge in [-0.25, -0.2) is 4.79 Å². The minimum Gasteiger partial charge on any atom is -0.410 e. The number of amides is 1. The molecule has 0 aliphatic rings. The van der Waals surface area contributed by atoms with Crippen molar-refractivity contribution in [2.45, 2.75) is 13.0 Å². The molecule has 1 aromatic rings. The molecular formula is C14H20N2O2. The molecule has 0 heterocycles. The number of nitrogens with one attached hydrogen (secondary N) is 1. The van der Waals surface area contributed by atoms with Crippen molar-refractivity contribution in [1.29, 1.82) is 0 Å². The molecule has 0 saturated carbocycles. The molecule has 0 aromatic heterocycles. The molecular weight excluding hydrogens is 228 g/mol. The monoisotopic (exact) mass is 248 g/mol. The van der Waals surface area contributed by atoms with Crippen molar-refractivity contribution in [3.8, 4) is 5.75 Å². The Balaban J connectivity index is 2.70. The second-order valence-electron chi connectivity index (χ2n) is 4.27. The van der Waals surface area contributed by atoms with Crippen LogP contribution < -0.4 is 10.1 Å². The van der Waals surface area contributed by atoms with Crippen LogP contribution in [0.3, 0.4) is 0 Å². The van der Waals surface area contributed by atoms with Gasteiger partial charge in [0.25, 0.3) is 0 Å². The van der Waals surface area contributed by atoms with Crippen LogP contribution in [0.4, 0.5) is 4.79 Å². The van der Waals surface area contributed by atoms with Crippen LogP contribution in [0.2, 0.25) is 0 Å². The van der Waals surface area contributed by atoms with Gasteiger partial charge >= 0.3 is 6.09 Å². The van der Waals surface area contributed by atoms with Crippen molar-refractivity contribution >= 4 is 6.09 Å².